The minimum atomic E-state index is 0.792. The average molecular weight is 347 g/mol. The summed E-state index contributed by atoms with van der Waals surface area (Å²) in [6.45, 7) is 0.792. The molecule has 0 atom stereocenters. The van der Waals surface area contributed by atoms with Crippen LogP contribution in [0.1, 0.15) is 16.7 Å². The van der Waals surface area contributed by atoms with Gasteiger partial charge in [-0.2, -0.15) is 0 Å². The van der Waals surface area contributed by atoms with Crippen LogP contribution < -0.4 is 14.8 Å². The van der Waals surface area contributed by atoms with E-state index in [1.165, 1.54) is 22.4 Å². The van der Waals surface area contributed by atoms with E-state index in [0.29, 0.717) is 0 Å². The van der Waals surface area contributed by atoms with E-state index < -0.39 is 0 Å². The number of methoxy groups -OCH3 is 2. The molecule has 0 amide bonds. The molecule has 3 nitrogen and oxygen atoms in total. The van der Waals surface area contributed by atoms with Crippen molar-refractivity contribution in [3.8, 4) is 11.5 Å². The van der Waals surface area contributed by atoms with Crippen LogP contribution in [0.25, 0.3) is 0 Å². The molecule has 134 valence electrons. The fraction of sp³-hybridized carbons (Fsp3) is 0.217. The van der Waals surface area contributed by atoms with Crippen LogP contribution in [0.2, 0.25) is 0 Å². The van der Waals surface area contributed by atoms with E-state index in [-0.39, 0.29) is 0 Å². The molecule has 3 aromatic rings. The highest BCUT2D eigenvalue weighted by molar-refractivity contribution is 5.52. The van der Waals surface area contributed by atoms with E-state index in [1.54, 1.807) is 14.2 Å². The van der Waals surface area contributed by atoms with E-state index in [1.807, 2.05) is 24.3 Å². The topological polar surface area (TPSA) is 30.5 Å². The van der Waals surface area contributed by atoms with Gasteiger partial charge in [-0.05, 0) is 59.9 Å². The van der Waals surface area contributed by atoms with Crippen molar-refractivity contribution in [3.05, 3.63) is 89.5 Å². The van der Waals surface area contributed by atoms with Crippen molar-refractivity contribution in [3.63, 3.8) is 0 Å². The number of hydrogen-bond acceptors (Lipinski definition) is 3. The Balaban J connectivity index is 1.63. The zero-order valence-corrected chi connectivity index (χ0v) is 15.4. The van der Waals surface area contributed by atoms with Gasteiger partial charge >= 0.3 is 0 Å². The van der Waals surface area contributed by atoms with Crippen molar-refractivity contribution in [2.75, 3.05) is 19.5 Å². The molecule has 0 fully saturated rings. The van der Waals surface area contributed by atoms with Gasteiger partial charge in [0.25, 0.3) is 0 Å². The summed E-state index contributed by atoms with van der Waals surface area (Å²) in [6, 6.07) is 24.9. The molecule has 0 aliphatic rings. The molecule has 0 saturated carbocycles. The van der Waals surface area contributed by atoms with Crippen LogP contribution in [0, 0.1) is 0 Å². The van der Waals surface area contributed by atoms with Crippen LogP contribution >= 0.6 is 0 Å². The third-order valence-electron chi connectivity index (χ3n) is 4.48. The van der Waals surface area contributed by atoms with Gasteiger partial charge in [-0.1, -0.05) is 42.5 Å². The first kappa shape index (κ1) is 17.9. The molecule has 0 heterocycles. The summed E-state index contributed by atoms with van der Waals surface area (Å²) < 4.78 is 10.5. The number of benzene rings is 3. The molecular formula is C23H25NO2. The Hall–Kier alpha value is -2.94. The Morgan fingerprint density at radius 3 is 2.23 bits per heavy atom. The standard InChI is InChI=1S/C23H25NO2/c1-25-21-14-11-19(12-15-21)17-24-23-9-4-3-7-20(23)13-10-18-6-5-8-22(16-18)26-2/h3-9,11-12,14-16,24H,10,13,17H2,1-2H3. The Morgan fingerprint density at radius 2 is 1.46 bits per heavy atom. The van der Waals surface area contributed by atoms with Gasteiger partial charge in [0.1, 0.15) is 11.5 Å². The molecule has 1 N–H and O–H groups in total. The average Bonchev–Trinajstić information content (AvgIpc) is 2.72. The van der Waals surface area contributed by atoms with Crippen LogP contribution in [0.3, 0.4) is 0 Å². The summed E-state index contributed by atoms with van der Waals surface area (Å²) in [5.41, 5.74) is 5.03. The first-order valence-electron chi connectivity index (χ1n) is 8.86. The zero-order chi connectivity index (χ0) is 18.2. The molecule has 3 rings (SSSR count). The lowest BCUT2D eigenvalue weighted by Crippen LogP contribution is -2.03. The number of ether oxygens (including phenoxy) is 2. The smallest absolute Gasteiger partial charge is 0.119 e. The maximum atomic E-state index is 5.31. The third-order valence-corrected chi connectivity index (χ3v) is 4.48. The zero-order valence-electron chi connectivity index (χ0n) is 15.4. The molecule has 0 aromatic heterocycles. The summed E-state index contributed by atoms with van der Waals surface area (Å²) in [7, 11) is 3.39. The second kappa shape index (κ2) is 8.95. The lowest BCUT2D eigenvalue weighted by molar-refractivity contribution is 0.414. The fourth-order valence-corrected chi connectivity index (χ4v) is 2.96. The second-order valence-electron chi connectivity index (χ2n) is 6.21. The van der Waals surface area contributed by atoms with E-state index in [4.69, 9.17) is 9.47 Å². The fourth-order valence-electron chi connectivity index (χ4n) is 2.96. The lowest BCUT2D eigenvalue weighted by atomic mass is 10.0. The summed E-state index contributed by atoms with van der Waals surface area (Å²) in [5, 5.41) is 3.56. The van der Waals surface area contributed by atoms with Crippen LogP contribution in [-0.4, -0.2) is 14.2 Å². The molecule has 0 saturated heterocycles. The van der Waals surface area contributed by atoms with Gasteiger partial charge in [-0.25, -0.2) is 0 Å². The molecule has 3 heteroatoms. The maximum absolute atomic E-state index is 5.31. The van der Waals surface area contributed by atoms with Crippen molar-refractivity contribution in [1.82, 2.24) is 0 Å². The quantitative estimate of drug-likeness (QED) is 0.615. The van der Waals surface area contributed by atoms with Crippen molar-refractivity contribution in [1.29, 1.82) is 0 Å². The number of aryl methyl sites for hydroxylation is 2. The van der Waals surface area contributed by atoms with Crippen molar-refractivity contribution < 1.29 is 9.47 Å². The van der Waals surface area contributed by atoms with Gasteiger partial charge in [0.2, 0.25) is 0 Å². The van der Waals surface area contributed by atoms with Crippen LogP contribution in [0.15, 0.2) is 72.8 Å². The summed E-state index contributed by atoms with van der Waals surface area (Å²) in [6.07, 6.45) is 1.97. The highest BCUT2D eigenvalue weighted by Crippen LogP contribution is 2.21. The van der Waals surface area contributed by atoms with Gasteiger partial charge in [-0.15, -0.1) is 0 Å². The second-order valence-corrected chi connectivity index (χ2v) is 6.21. The van der Waals surface area contributed by atoms with Crippen LogP contribution in [0.4, 0.5) is 5.69 Å². The Morgan fingerprint density at radius 1 is 0.692 bits per heavy atom. The molecule has 0 aliphatic heterocycles. The molecule has 0 aliphatic carbocycles. The van der Waals surface area contributed by atoms with Gasteiger partial charge in [0, 0.05) is 12.2 Å². The highest BCUT2D eigenvalue weighted by atomic mass is 16.5. The first-order valence-corrected chi connectivity index (χ1v) is 8.86. The molecular weight excluding hydrogens is 322 g/mol. The van der Waals surface area contributed by atoms with Crippen molar-refractivity contribution >= 4 is 5.69 Å². The van der Waals surface area contributed by atoms with Gasteiger partial charge in [0.15, 0.2) is 0 Å². The Kier molecular flexibility index (Phi) is 6.15. The van der Waals surface area contributed by atoms with Crippen molar-refractivity contribution in [2.24, 2.45) is 0 Å². The van der Waals surface area contributed by atoms with E-state index >= 15 is 0 Å². The largest absolute Gasteiger partial charge is 0.497 e. The number of nitrogens with one attached hydrogen (secondary N) is 1. The number of rotatable bonds is 8. The lowest BCUT2D eigenvalue weighted by Gasteiger charge is -2.13. The van der Waals surface area contributed by atoms with Crippen molar-refractivity contribution in [2.45, 2.75) is 19.4 Å². The van der Waals surface area contributed by atoms with Gasteiger partial charge in [-0.3, -0.25) is 0 Å². The Labute approximate surface area is 155 Å². The first-order chi connectivity index (χ1) is 12.8. The number of anilines is 1. The summed E-state index contributed by atoms with van der Waals surface area (Å²) in [4.78, 5) is 0. The number of hydrogen-bond donors (Lipinski definition) is 1. The molecule has 0 radical (unpaired) electrons. The van der Waals surface area contributed by atoms with E-state index in [0.717, 1.165) is 30.9 Å². The molecule has 26 heavy (non-hydrogen) atoms. The minimum Gasteiger partial charge on any atom is -0.497 e. The summed E-state index contributed by atoms with van der Waals surface area (Å²) in [5.74, 6) is 1.79. The molecule has 3 aromatic carbocycles. The van der Waals surface area contributed by atoms with Crippen LogP contribution in [-0.2, 0) is 19.4 Å². The summed E-state index contributed by atoms with van der Waals surface area (Å²) >= 11 is 0. The SMILES string of the molecule is COc1ccc(CNc2ccccc2CCc2cccc(OC)c2)cc1. The van der Waals surface area contributed by atoms with Gasteiger partial charge in [0.05, 0.1) is 14.2 Å². The monoisotopic (exact) mass is 347 g/mol. The van der Waals surface area contributed by atoms with Gasteiger partial charge < -0.3 is 14.8 Å². The predicted molar refractivity (Wildman–Crippen MR) is 107 cm³/mol. The highest BCUT2D eigenvalue weighted by Gasteiger charge is 2.04. The maximum Gasteiger partial charge on any atom is 0.119 e. The minimum absolute atomic E-state index is 0.792. The Bertz CT molecular complexity index is 828. The molecule has 0 spiro atoms. The molecule has 0 bridgehead atoms. The van der Waals surface area contributed by atoms with E-state index in [2.05, 4.69) is 53.8 Å². The predicted octanol–water partition coefficient (Wildman–Crippen LogP) is 5.10. The molecule has 0 unspecified atom stereocenters. The van der Waals surface area contributed by atoms with Crippen LogP contribution in [0.5, 0.6) is 11.5 Å². The van der Waals surface area contributed by atoms with E-state index in [9.17, 15) is 0 Å². The third kappa shape index (κ3) is 4.79. The number of para-hydroxylation sites is 1. The normalized spacial score (nSPS) is 10.4.